The fourth-order valence-corrected chi connectivity index (χ4v) is 6.06. The van der Waals surface area contributed by atoms with E-state index in [-0.39, 0.29) is 35.5 Å². The summed E-state index contributed by atoms with van der Waals surface area (Å²) in [4.78, 5) is 15.1. The number of aromatic nitrogens is 1. The van der Waals surface area contributed by atoms with E-state index in [0.29, 0.717) is 37.2 Å². The van der Waals surface area contributed by atoms with Crippen LogP contribution in [0.5, 0.6) is 0 Å². The first-order valence-electron chi connectivity index (χ1n) is 9.74. The number of carbonyl (C=O) groups is 1. The third-order valence-electron chi connectivity index (χ3n) is 6.09. The molecular weight excluding hydrogens is 397 g/mol. The maximum atomic E-state index is 13.7. The number of rotatable bonds is 4. The standard InChI is InChI=1S/C20H24FN3O4S/c1-14-18(15(2)28-22-14)29(26,27)24-11-9-23(10-12-24)19(25)20(7-4-8-20)16-5-3-6-17(21)13-16/h3,5-6,13H,4,7-12H2,1-2H3. The second-order valence-electron chi connectivity index (χ2n) is 7.80. The minimum atomic E-state index is -3.72. The fraction of sp³-hybridized carbons (Fsp3) is 0.500. The monoisotopic (exact) mass is 421 g/mol. The first kappa shape index (κ1) is 20.0. The van der Waals surface area contributed by atoms with Gasteiger partial charge in [-0.2, -0.15) is 4.31 Å². The number of carbonyl (C=O) groups excluding carboxylic acids is 1. The highest BCUT2D eigenvalue weighted by Crippen LogP contribution is 2.45. The van der Waals surface area contributed by atoms with Crippen LogP contribution in [0.1, 0.15) is 36.3 Å². The Kier molecular flexibility index (Phi) is 4.98. The van der Waals surface area contributed by atoms with Crippen molar-refractivity contribution in [3.05, 3.63) is 47.1 Å². The molecule has 4 rings (SSSR count). The summed E-state index contributed by atoms with van der Waals surface area (Å²) < 4.78 is 46.1. The molecule has 1 aromatic carbocycles. The number of hydrogen-bond acceptors (Lipinski definition) is 5. The highest BCUT2D eigenvalue weighted by Gasteiger charge is 2.48. The molecule has 7 nitrogen and oxygen atoms in total. The average Bonchev–Trinajstić information content (AvgIpc) is 3.00. The number of halogens is 1. The Bertz CT molecular complexity index is 1020. The zero-order chi connectivity index (χ0) is 20.8. The second-order valence-corrected chi connectivity index (χ2v) is 9.67. The molecule has 29 heavy (non-hydrogen) atoms. The van der Waals surface area contributed by atoms with Crippen LogP contribution < -0.4 is 0 Å². The highest BCUT2D eigenvalue weighted by molar-refractivity contribution is 7.89. The van der Waals surface area contributed by atoms with Gasteiger partial charge in [0.1, 0.15) is 16.4 Å². The lowest BCUT2D eigenvalue weighted by Crippen LogP contribution is -2.57. The van der Waals surface area contributed by atoms with Gasteiger partial charge in [0.15, 0.2) is 5.76 Å². The van der Waals surface area contributed by atoms with Crippen molar-refractivity contribution in [2.75, 3.05) is 26.2 Å². The maximum absolute atomic E-state index is 13.7. The van der Waals surface area contributed by atoms with Crippen molar-refractivity contribution in [1.82, 2.24) is 14.4 Å². The third kappa shape index (κ3) is 3.26. The van der Waals surface area contributed by atoms with E-state index < -0.39 is 15.4 Å². The molecule has 0 N–H and O–H groups in total. The van der Waals surface area contributed by atoms with E-state index in [2.05, 4.69) is 5.16 Å². The summed E-state index contributed by atoms with van der Waals surface area (Å²) in [6.07, 6.45) is 2.29. The Balaban J connectivity index is 1.50. The van der Waals surface area contributed by atoms with Gasteiger partial charge in [-0.1, -0.05) is 23.7 Å². The summed E-state index contributed by atoms with van der Waals surface area (Å²) in [5.74, 6) is -0.124. The lowest BCUT2D eigenvalue weighted by molar-refractivity contribution is -0.142. The van der Waals surface area contributed by atoms with Crippen LogP contribution in [0.2, 0.25) is 0 Å². The summed E-state index contributed by atoms with van der Waals surface area (Å²) >= 11 is 0. The molecule has 0 atom stereocenters. The van der Waals surface area contributed by atoms with Crippen molar-refractivity contribution in [2.45, 2.75) is 43.4 Å². The second kappa shape index (κ2) is 7.21. The molecule has 0 spiro atoms. The summed E-state index contributed by atoms with van der Waals surface area (Å²) in [7, 11) is -3.72. The molecule has 0 bridgehead atoms. The van der Waals surface area contributed by atoms with Crippen LogP contribution in [-0.2, 0) is 20.2 Å². The molecule has 156 valence electrons. The predicted octanol–water partition coefficient (Wildman–Crippen LogP) is 2.39. The van der Waals surface area contributed by atoms with E-state index in [1.807, 2.05) is 0 Å². The summed E-state index contributed by atoms with van der Waals surface area (Å²) in [5, 5.41) is 3.74. The Hall–Kier alpha value is -2.26. The normalized spacial score (nSPS) is 19.8. The van der Waals surface area contributed by atoms with Crippen LogP contribution >= 0.6 is 0 Å². The molecule has 9 heteroatoms. The molecule has 1 aliphatic heterocycles. The summed E-state index contributed by atoms with van der Waals surface area (Å²) in [5.41, 5.74) is 0.352. The van der Waals surface area contributed by atoms with Crippen molar-refractivity contribution in [3.63, 3.8) is 0 Å². The smallest absolute Gasteiger partial charge is 0.248 e. The molecule has 2 fully saturated rings. The Morgan fingerprint density at radius 1 is 1.17 bits per heavy atom. The number of aryl methyl sites for hydroxylation is 2. The van der Waals surface area contributed by atoms with Crippen molar-refractivity contribution >= 4 is 15.9 Å². The van der Waals surface area contributed by atoms with E-state index in [1.54, 1.807) is 30.9 Å². The van der Waals surface area contributed by atoms with Gasteiger partial charge in [0.05, 0.1) is 5.41 Å². The topological polar surface area (TPSA) is 83.7 Å². The van der Waals surface area contributed by atoms with Gasteiger partial charge in [-0.05, 0) is 44.4 Å². The number of amides is 1. The molecule has 2 aliphatic rings. The Morgan fingerprint density at radius 2 is 1.86 bits per heavy atom. The molecule has 1 saturated heterocycles. The van der Waals surface area contributed by atoms with Crippen LogP contribution in [0.4, 0.5) is 4.39 Å². The van der Waals surface area contributed by atoms with E-state index in [0.717, 1.165) is 6.42 Å². The zero-order valence-corrected chi connectivity index (χ0v) is 17.3. The Labute approximate surface area is 169 Å². The molecule has 1 aliphatic carbocycles. The minimum Gasteiger partial charge on any atom is -0.360 e. The highest BCUT2D eigenvalue weighted by atomic mass is 32.2. The van der Waals surface area contributed by atoms with Crippen LogP contribution in [0.25, 0.3) is 0 Å². The molecule has 1 saturated carbocycles. The van der Waals surface area contributed by atoms with E-state index in [9.17, 15) is 17.6 Å². The van der Waals surface area contributed by atoms with Gasteiger partial charge < -0.3 is 9.42 Å². The maximum Gasteiger partial charge on any atom is 0.248 e. The van der Waals surface area contributed by atoms with Gasteiger partial charge in [0, 0.05) is 26.2 Å². The van der Waals surface area contributed by atoms with Crippen LogP contribution in [0.15, 0.2) is 33.7 Å². The van der Waals surface area contributed by atoms with E-state index >= 15 is 0 Å². The molecule has 0 radical (unpaired) electrons. The average molecular weight is 421 g/mol. The number of nitrogens with zero attached hydrogens (tertiary/aromatic N) is 3. The molecule has 1 aromatic heterocycles. The van der Waals surface area contributed by atoms with Crippen molar-refractivity contribution in [1.29, 1.82) is 0 Å². The molecule has 2 heterocycles. The SMILES string of the molecule is Cc1noc(C)c1S(=O)(=O)N1CCN(C(=O)C2(c3cccc(F)c3)CCC2)CC1. The Morgan fingerprint density at radius 3 is 2.38 bits per heavy atom. The van der Waals surface area contributed by atoms with Crippen molar-refractivity contribution in [2.24, 2.45) is 0 Å². The van der Waals surface area contributed by atoms with Gasteiger partial charge in [0.2, 0.25) is 15.9 Å². The lowest BCUT2D eigenvalue weighted by Gasteiger charge is -2.45. The largest absolute Gasteiger partial charge is 0.360 e. The quantitative estimate of drug-likeness (QED) is 0.757. The van der Waals surface area contributed by atoms with Gasteiger partial charge in [-0.3, -0.25) is 4.79 Å². The van der Waals surface area contributed by atoms with Gasteiger partial charge >= 0.3 is 0 Å². The number of benzene rings is 1. The van der Waals surface area contributed by atoms with Crippen LogP contribution in [-0.4, -0.2) is 54.9 Å². The first-order chi connectivity index (χ1) is 13.8. The molecular formula is C20H24FN3O4S. The summed E-state index contributed by atoms with van der Waals surface area (Å²) in [6.45, 7) is 4.19. The van der Waals surface area contributed by atoms with Crippen LogP contribution in [0, 0.1) is 19.7 Å². The number of sulfonamides is 1. The molecule has 1 amide bonds. The van der Waals surface area contributed by atoms with Gasteiger partial charge in [-0.25, -0.2) is 12.8 Å². The molecule has 0 unspecified atom stereocenters. The number of hydrogen-bond donors (Lipinski definition) is 0. The third-order valence-corrected chi connectivity index (χ3v) is 8.23. The first-order valence-corrected chi connectivity index (χ1v) is 11.2. The van der Waals surface area contributed by atoms with Crippen molar-refractivity contribution < 1.29 is 22.1 Å². The van der Waals surface area contributed by atoms with Gasteiger partial charge in [0.25, 0.3) is 0 Å². The predicted molar refractivity (Wildman–Crippen MR) is 103 cm³/mol. The van der Waals surface area contributed by atoms with E-state index in [1.165, 1.54) is 16.4 Å². The fourth-order valence-electron chi connectivity index (χ4n) is 4.35. The van der Waals surface area contributed by atoms with E-state index in [4.69, 9.17) is 4.52 Å². The minimum absolute atomic E-state index is 0.0382. The molecule has 2 aromatic rings. The lowest BCUT2D eigenvalue weighted by atomic mass is 9.63. The summed E-state index contributed by atoms with van der Waals surface area (Å²) in [6, 6.07) is 6.25. The zero-order valence-electron chi connectivity index (χ0n) is 16.5. The number of piperazine rings is 1. The van der Waals surface area contributed by atoms with Crippen LogP contribution in [0.3, 0.4) is 0 Å². The van der Waals surface area contributed by atoms with Crippen molar-refractivity contribution in [3.8, 4) is 0 Å². The van der Waals surface area contributed by atoms with Gasteiger partial charge in [-0.15, -0.1) is 0 Å².